The van der Waals surface area contributed by atoms with Crippen molar-refractivity contribution in [2.75, 3.05) is 0 Å². The molecule has 0 unspecified atom stereocenters. The zero-order valence-electron chi connectivity index (χ0n) is 8.67. The Morgan fingerprint density at radius 3 is 2.88 bits per heavy atom. The lowest BCUT2D eigenvalue weighted by atomic mass is 10.3. The third kappa shape index (κ3) is 3.91. The van der Waals surface area contributed by atoms with Gasteiger partial charge in [0.15, 0.2) is 0 Å². The van der Waals surface area contributed by atoms with Crippen molar-refractivity contribution in [3.05, 3.63) is 24.0 Å². The number of carboxylic acids is 1. The highest BCUT2D eigenvalue weighted by Crippen LogP contribution is 1.89. The third-order valence-corrected chi connectivity index (χ3v) is 1.78. The average Bonchev–Trinajstić information content (AvgIpc) is 2.27. The Labute approximate surface area is 91.9 Å². The largest absolute Gasteiger partial charge is 0.480 e. The van der Waals surface area contributed by atoms with Crippen molar-refractivity contribution in [3.8, 4) is 0 Å². The number of urea groups is 1. The van der Waals surface area contributed by atoms with Crippen LogP contribution in [0.25, 0.3) is 0 Å². The van der Waals surface area contributed by atoms with Crippen molar-refractivity contribution in [2.45, 2.75) is 19.5 Å². The number of aliphatic carboxylic acids is 1. The summed E-state index contributed by atoms with van der Waals surface area (Å²) in [6, 6.07) is 1.91. The Bertz CT molecular complexity index is 368. The van der Waals surface area contributed by atoms with Gasteiger partial charge in [-0.05, 0) is 19.1 Å². The lowest BCUT2D eigenvalue weighted by Crippen LogP contribution is -2.44. The van der Waals surface area contributed by atoms with E-state index in [0.29, 0.717) is 5.69 Å². The van der Waals surface area contributed by atoms with Crippen LogP contribution < -0.4 is 10.6 Å². The van der Waals surface area contributed by atoms with Crippen LogP contribution in [0.1, 0.15) is 12.6 Å². The predicted molar refractivity (Wildman–Crippen MR) is 54.5 cm³/mol. The molecule has 0 radical (unpaired) electrons. The van der Waals surface area contributed by atoms with Gasteiger partial charge in [0.05, 0.1) is 12.2 Å². The van der Waals surface area contributed by atoms with E-state index in [2.05, 4.69) is 20.8 Å². The lowest BCUT2D eigenvalue weighted by molar-refractivity contribution is -0.138. The summed E-state index contributed by atoms with van der Waals surface area (Å²) in [7, 11) is 0. The second-order valence-electron chi connectivity index (χ2n) is 3.10. The molecule has 1 rings (SSSR count). The molecule has 0 saturated carbocycles. The molecule has 1 aromatic heterocycles. The minimum Gasteiger partial charge on any atom is -0.480 e. The van der Waals surface area contributed by atoms with Gasteiger partial charge in [0.1, 0.15) is 6.04 Å². The minimum absolute atomic E-state index is 0.200. The highest BCUT2D eigenvalue weighted by atomic mass is 16.4. The number of carbonyl (C=O) groups is 2. The van der Waals surface area contributed by atoms with Crippen molar-refractivity contribution in [1.29, 1.82) is 0 Å². The van der Waals surface area contributed by atoms with Gasteiger partial charge in [0.25, 0.3) is 0 Å². The first-order chi connectivity index (χ1) is 7.59. The van der Waals surface area contributed by atoms with Gasteiger partial charge in [0.2, 0.25) is 0 Å². The van der Waals surface area contributed by atoms with Crippen molar-refractivity contribution in [1.82, 2.24) is 20.8 Å². The topological polar surface area (TPSA) is 104 Å². The van der Waals surface area contributed by atoms with Gasteiger partial charge in [-0.15, -0.1) is 0 Å². The van der Waals surface area contributed by atoms with Gasteiger partial charge >= 0.3 is 12.0 Å². The molecule has 1 aromatic rings. The Morgan fingerprint density at radius 2 is 2.31 bits per heavy atom. The first kappa shape index (κ1) is 11.9. The maximum Gasteiger partial charge on any atom is 0.325 e. The van der Waals surface area contributed by atoms with Gasteiger partial charge in [0, 0.05) is 6.20 Å². The summed E-state index contributed by atoms with van der Waals surface area (Å²) in [5, 5.41) is 20.7. The van der Waals surface area contributed by atoms with Crippen molar-refractivity contribution < 1.29 is 14.7 Å². The second-order valence-corrected chi connectivity index (χ2v) is 3.10. The third-order valence-electron chi connectivity index (χ3n) is 1.78. The molecule has 0 bridgehead atoms. The van der Waals surface area contributed by atoms with E-state index in [1.165, 1.54) is 13.1 Å². The highest BCUT2D eigenvalue weighted by molar-refractivity contribution is 5.82. The van der Waals surface area contributed by atoms with Crippen molar-refractivity contribution >= 4 is 12.0 Å². The molecule has 0 fully saturated rings. The van der Waals surface area contributed by atoms with Gasteiger partial charge < -0.3 is 15.7 Å². The van der Waals surface area contributed by atoms with E-state index in [-0.39, 0.29) is 6.54 Å². The first-order valence-corrected chi connectivity index (χ1v) is 4.63. The van der Waals surface area contributed by atoms with Crippen LogP contribution in [0.3, 0.4) is 0 Å². The van der Waals surface area contributed by atoms with Crippen LogP contribution in [0.4, 0.5) is 4.79 Å². The number of rotatable bonds is 4. The van der Waals surface area contributed by atoms with Crippen LogP contribution in [0.2, 0.25) is 0 Å². The standard InChI is InChI=1S/C9H12N4O3/c1-6(8(14)15)12-9(16)10-5-7-3-2-4-11-13-7/h2-4,6H,5H2,1H3,(H,14,15)(H2,10,12,16)/t6-/m1/s1. The van der Waals surface area contributed by atoms with Crippen LogP contribution in [0, 0.1) is 0 Å². The van der Waals surface area contributed by atoms with E-state index >= 15 is 0 Å². The number of nitrogens with zero attached hydrogens (tertiary/aromatic N) is 2. The Kier molecular flexibility index (Phi) is 4.19. The molecule has 3 N–H and O–H groups in total. The molecular formula is C9H12N4O3. The van der Waals surface area contributed by atoms with E-state index in [1.807, 2.05) is 0 Å². The Hall–Kier alpha value is -2.18. The van der Waals surface area contributed by atoms with E-state index in [1.54, 1.807) is 12.1 Å². The molecular weight excluding hydrogens is 212 g/mol. The molecule has 0 aliphatic carbocycles. The van der Waals surface area contributed by atoms with Gasteiger partial charge in [-0.2, -0.15) is 10.2 Å². The Morgan fingerprint density at radius 1 is 1.56 bits per heavy atom. The number of carboxylic acid groups (broad SMARTS) is 1. The quantitative estimate of drug-likeness (QED) is 0.654. The number of hydrogen-bond acceptors (Lipinski definition) is 4. The van der Waals surface area contributed by atoms with Gasteiger partial charge in [-0.3, -0.25) is 4.79 Å². The molecule has 0 spiro atoms. The smallest absolute Gasteiger partial charge is 0.325 e. The van der Waals surface area contributed by atoms with Crippen LogP contribution in [0.5, 0.6) is 0 Å². The van der Waals surface area contributed by atoms with E-state index in [0.717, 1.165) is 0 Å². The molecule has 0 aliphatic heterocycles. The number of carbonyl (C=O) groups excluding carboxylic acids is 1. The fraction of sp³-hybridized carbons (Fsp3) is 0.333. The van der Waals surface area contributed by atoms with Crippen LogP contribution in [-0.2, 0) is 11.3 Å². The lowest BCUT2D eigenvalue weighted by Gasteiger charge is -2.09. The molecule has 0 aromatic carbocycles. The summed E-state index contributed by atoms with van der Waals surface area (Å²) >= 11 is 0. The highest BCUT2D eigenvalue weighted by Gasteiger charge is 2.13. The molecule has 2 amide bonds. The molecule has 7 heteroatoms. The first-order valence-electron chi connectivity index (χ1n) is 4.63. The second kappa shape index (κ2) is 5.64. The summed E-state index contributed by atoms with van der Waals surface area (Å²) in [5.41, 5.74) is 0.598. The summed E-state index contributed by atoms with van der Waals surface area (Å²) in [5.74, 6) is -1.09. The number of aromatic nitrogens is 2. The van der Waals surface area contributed by atoms with E-state index in [4.69, 9.17) is 5.11 Å². The van der Waals surface area contributed by atoms with Gasteiger partial charge in [-0.25, -0.2) is 4.79 Å². The number of hydrogen-bond donors (Lipinski definition) is 3. The number of nitrogens with one attached hydrogen (secondary N) is 2. The van der Waals surface area contributed by atoms with E-state index < -0.39 is 18.0 Å². The van der Waals surface area contributed by atoms with Crippen LogP contribution in [0.15, 0.2) is 18.3 Å². The van der Waals surface area contributed by atoms with E-state index in [9.17, 15) is 9.59 Å². The normalized spacial score (nSPS) is 11.6. The molecule has 16 heavy (non-hydrogen) atoms. The molecule has 0 aliphatic rings. The summed E-state index contributed by atoms with van der Waals surface area (Å²) in [6.45, 7) is 1.58. The van der Waals surface area contributed by atoms with Crippen molar-refractivity contribution in [2.24, 2.45) is 0 Å². The van der Waals surface area contributed by atoms with Crippen LogP contribution in [-0.4, -0.2) is 33.3 Å². The zero-order chi connectivity index (χ0) is 12.0. The molecule has 0 saturated heterocycles. The zero-order valence-corrected chi connectivity index (χ0v) is 8.67. The average molecular weight is 224 g/mol. The minimum atomic E-state index is -1.09. The number of amides is 2. The molecule has 86 valence electrons. The molecule has 1 heterocycles. The molecule has 7 nitrogen and oxygen atoms in total. The SMILES string of the molecule is C[C@@H](NC(=O)NCc1cccnn1)C(=O)O. The van der Waals surface area contributed by atoms with Gasteiger partial charge in [-0.1, -0.05) is 0 Å². The molecule has 1 atom stereocenters. The van der Waals surface area contributed by atoms with Crippen molar-refractivity contribution in [3.63, 3.8) is 0 Å². The van der Waals surface area contributed by atoms with Crippen LogP contribution >= 0.6 is 0 Å². The fourth-order valence-corrected chi connectivity index (χ4v) is 0.908. The Balaban J connectivity index is 2.33. The fourth-order valence-electron chi connectivity index (χ4n) is 0.908. The maximum atomic E-state index is 11.2. The summed E-state index contributed by atoms with van der Waals surface area (Å²) in [6.07, 6.45) is 1.52. The maximum absolute atomic E-state index is 11.2. The summed E-state index contributed by atoms with van der Waals surface area (Å²) in [4.78, 5) is 21.6. The monoisotopic (exact) mass is 224 g/mol. The predicted octanol–water partition coefficient (Wildman–Crippen LogP) is -0.251. The summed E-state index contributed by atoms with van der Waals surface area (Å²) < 4.78 is 0.